The van der Waals surface area contributed by atoms with Gasteiger partial charge in [-0.1, -0.05) is 24.3 Å². The highest BCUT2D eigenvalue weighted by atomic mass is 16.5. The van der Waals surface area contributed by atoms with Gasteiger partial charge in [0, 0.05) is 18.3 Å². The molecule has 0 aliphatic heterocycles. The fraction of sp³-hybridized carbons (Fsp3) is 0.652. The Labute approximate surface area is 161 Å². The van der Waals surface area contributed by atoms with Gasteiger partial charge >= 0.3 is 5.97 Å². The van der Waals surface area contributed by atoms with Crippen molar-refractivity contribution in [1.82, 2.24) is 5.32 Å². The number of amides is 1. The van der Waals surface area contributed by atoms with Crippen molar-refractivity contribution in [2.45, 2.75) is 63.8 Å². The molecule has 144 valence electrons. The molecule has 0 radical (unpaired) electrons. The van der Waals surface area contributed by atoms with Gasteiger partial charge in [-0.05, 0) is 74.3 Å². The monoisotopic (exact) mass is 367 g/mol. The molecular formula is C23H29NO3. The van der Waals surface area contributed by atoms with Crippen LogP contribution in [0.15, 0.2) is 24.3 Å². The zero-order chi connectivity index (χ0) is 18.6. The van der Waals surface area contributed by atoms with E-state index in [1.54, 1.807) is 0 Å². The minimum atomic E-state index is -0.930. The van der Waals surface area contributed by atoms with Crippen LogP contribution in [0.4, 0.5) is 0 Å². The first kappa shape index (κ1) is 17.3. The third kappa shape index (κ3) is 2.71. The molecule has 0 heterocycles. The molecule has 4 bridgehead atoms. The average molecular weight is 367 g/mol. The molecule has 5 aliphatic carbocycles. The van der Waals surface area contributed by atoms with Crippen LogP contribution < -0.4 is 5.32 Å². The normalized spacial score (nSPS) is 34.9. The molecule has 1 aromatic carbocycles. The number of benzene rings is 1. The fourth-order valence-electron chi connectivity index (χ4n) is 6.91. The highest BCUT2D eigenvalue weighted by Crippen LogP contribution is 2.60. The van der Waals surface area contributed by atoms with E-state index in [4.69, 9.17) is 4.74 Å². The Morgan fingerprint density at radius 3 is 2.00 bits per heavy atom. The Hall–Kier alpha value is -1.84. The van der Waals surface area contributed by atoms with E-state index in [9.17, 15) is 9.59 Å². The van der Waals surface area contributed by atoms with E-state index < -0.39 is 5.54 Å². The third-order valence-electron chi connectivity index (χ3n) is 7.64. The topological polar surface area (TPSA) is 55.4 Å². The molecule has 6 rings (SSSR count). The molecule has 1 aromatic rings. The van der Waals surface area contributed by atoms with Gasteiger partial charge in [0.2, 0.25) is 5.91 Å². The number of rotatable bonds is 4. The standard InChI is InChI=1S/C23H29NO3/c1-2-27-21(26)23(13-18-5-3-4-6-19(18)14-23)24-20(25)22-10-15-7-16(11-22)9-17(8-15)12-22/h3-6,15-17H,2,7-14H2,1H3,(H,24,25). The molecule has 4 nitrogen and oxygen atoms in total. The summed E-state index contributed by atoms with van der Waals surface area (Å²) in [6.45, 7) is 2.17. The van der Waals surface area contributed by atoms with Crippen LogP contribution in [0.25, 0.3) is 0 Å². The van der Waals surface area contributed by atoms with Gasteiger partial charge in [0.05, 0.1) is 6.61 Å². The molecule has 0 spiro atoms. The van der Waals surface area contributed by atoms with E-state index >= 15 is 0 Å². The second-order valence-electron chi connectivity index (χ2n) is 9.58. The minimum Gasteiger partial charge on any atom is -0.464 e. The fourth-order valence-corrected chi connectivity index (χ4v) is 6.91. The number of fused-ring (bicyclic) bond motifs is 1. The maximum Gasteiger partial charge on any atom is 0.332 e. The SMILES string of the molecule is CCOC(=O)C1(NC(=O)C23CC4CC(CC(C4)C2)C3)Cc2ccccc2C1. The van der Waals surface area contributed by atoms with Crippen molar-refractivity contribution in [3.8, 4) is 0 Å². The van der Waals surface area contributed by atoms with Gasteiger partial charge in [-0.15, -0.1) is 0 Å². The molecule has 5 aliphatic rings. The molecule has 0 atom stereocenters. The van der Waals surface area contributed by atoms with Crippen LogP contribution in [0.1, 0.15) is 56.6 Å². The maximum atomic E-state index is 13.6. The average Bonchev–Trinajstić information content (AvgIpc) is 3.00. The lowest BCUT2D eigenvalue weighted by molar-refractivity contribution is -0.159. The molecule has 1 amide bonds. The van der Waals surface area contributed by atoms with Crippen LogP contribution in [0.5, 0.6) is 0 Å². The van der Waals surface area contributed by atoms with Crippen molar-refractivity contribution in [1.29, 1.82) is 0 Å². The van der Waals surface area contributed by atoms with Crippen molar-refractivity contribution in [2.75, 3.05) is 6.61 Å². The quantitative estimate of drug-likeness (QED) is 0.830. The smallest absolute Gasteiger partial charge is 0.332 e. The molecule has 0 aromatic heterocycles. The third-order valence-corrected chi connectivity index (χ3v) is 7.64. The van der Waals surface area contributed by atoms with Gasteiger partial charge in [-0.3, -0.25) is 4.79 Å². The number of carbonyl (C=O) groups excluding carboxylic acids is 2. The van der Waals surface area contributed by atoms with Gasteiger partial charge in [0.25, 0.3) is 0 Å². The van der Waals surface area contributed by atoms with Gasteiger partial charge in [-0.25, -0.2) is 4.79 Å². The van der Waals surface area contributed by atoms with E-state index in [2.05, 4.69) is 17.4 Å². The van der Waals surface area contributed by atoms with Crippen molar-refractivity contribution in [3.63, 3.8) is 0 Å². The Bertz CT molecular complexity index is 723. The predicted molar refractivity (Wildman–Crippen MR) is 102 cm³/mol. The Balaban J connectivity index is 1.43. The number of esters is 1. The van der Waals surface area contributed by atoms with Crippen LogP contribution in [-0.4, -0.2) is 24.0 Å². The van der Waals surface area contributed by atoms with Crippen molar-refractivity contribution < 1.29 is 14.3 Å². The Kier molecular flexibility index (Phi) is 3.89. The van der Waals surface area contributed by atoms with Crippen LogP contribution in [-0.2, 0) is 27.2 Å². The molecule has 4 saturated carbocycles. The summed E-state index contributed by atoms with van der Waals surface area (Å²) in [6.07, 6.45) is 8.03. The lowest BCUT2D eigenvalue weighted by Gasteiger charge is -2.56. The summed E-state index contributed by atoms with van der Waals surface area (Å²) < 4.78 is 5.43. The zero-order valence-electron chi connectivity index (χ0n) is 16.1. The van der Waals surface area contributed by atoms with Gasteiger partial charge in [-0.2, -0.15) is 0 Å². The molecule has 0 saturated heterocycles. The summed E-state index contributed by atoms with van der Waals surface area (Å²) in [5.74, 6) is 1.96. The maximum absolute atomic E-state index is 13.6. The minimum absolute atomic E-state index is 0.113. The predicted octanol–water partition coefficient (Wildman–Crippen LogP) is 3.42. The highest BCUT2D eigenvalue weighted by Gasteiger charge is 2.57. The van der Waals surface area contributed by atoms with Crippen LogP contribution >= 0.6 is 0 Å². The largest absolute Gasteiger partial charge is 0.464 e. The summed E-state index contributed by atoms with van der Waals surface area (Å²) in [4.78, 5) is 26.6. The number of hydrogen-bond donors (Lipinski definition) is 1. The van der Waals surface area contributed by atoms with E-state index in [-0.39, 0.29) is 17.3 Å². The lowest BCUT2D eigenvalue weighted by atomic mass is 9.49. The second-order valence-corrected chi connectivity index (χ2v) is 9.58. The first-order valence-corrected chi connectivity index (χ1v) is 10.6. The van der Waals surface area contributed by atoms with Crippen LogP contribution in [0, 0.1) is 23.2 Å². The van der Waals surface area contributed by atoms with E-state index in [0.29, 0.717) is 37.2 Å². The van der Waals surface area contributed by atoms with Crippen molar-refractivity contribution in [2.24, 2.45) is 23.2 Å². The van der Waals surface area contributed by atoms with Gasteiger partial charge in [0.1, 0.15) is 5.54 Å². The van der Waals surface area contributed by atoms with Gasteiger partial charge < -0.3 is 10.1 Å². The number of nitrogens with one attached hydrogen (secondary N) is 1. The first-order valence-electron chi connectivity index (χ1n) is 10.6. The number of carbonyl (C=O) groups is 2. The molecule has 27 heavy (non-hydrogen) atoms. The number of hydrogen-bond acceptors (Lipinski definition) is 3. The number of ether oxygens (including phenoxy) is 1. The second kappa shape index (κ2) is 6.08. The summed E-state index contributed by atoms with van der Waals surface area (Å²) in [6, 6.07) is 8.13. The Morgan fingerprint density at radius 2 is 1.52 bits per heavy atom. The first-order chi connectivity index (χ1) is 13.0. The van der Waals surface area contributed by atoms with Crippen LogP contribution in [0.2, 0.25) is 0 Å². The molecule has 0 unspecified atom stereocenters. The van der Waals surface area contributed by atoms with Crippen molar-refractivity contribution in [3.05, 3.63) is 35.4 Å². The molecule has 4 fully saturated rings. The summed E-state index contributed by atoms with van der Waals surface area (Å²) in [5.41, 5.74) is 1.12. The lowest BCUT2D eigenvalue weighted by Crippen LogP contribution is -2.62. The highest BCUT2D eigenvalue weighted by molar-refractivity contribution is 5.92. The van der Waals surface area contributed by atoms with Crippen molar-refractivity contribution >= 4 is 11.9 Å². The molecule has 1 N–H and O–H groups in total. The summed E-state index contributed by atoms with van der Waals surface area (Å²) in [5, 5.41) is 3.27. The summed E-state index contributed by atoms with van der Waals surface area (Å²) >= 11 is 0. The van der Waals surface area contributed by atoms with Crippen LogP contribution in [0.3, 0.4) is 0 Å². The van der Waals surface area contributed by atoms with E-state index in [1.165, 1.54) is 19.3 Å². The van der Waals surface area contributed by atoms with E-state index in [1.807, 2.05) is 19.1 Å². The Morgan fingerprint density at radius 1 is 1.00 bits per heavy atom. The zero-order valence-corrected chi connectivity index (χ0v) is 16.1. The van der Waals surface area contributed by atoms with Gasteiger partial charge in [0.15, 0.2) is 0 Å². The molecule has 4 heteroatoms. The van der Waals surface area contributed by atoms with E-state index in [0.717, 1.165) is 30.4 Å². The molecular weight excluding hydrogens is 338 g/mol. The summed E-state index contributed by atoms with van der Waals surface area (Å²) in [7, 11) is 0.